The van der Waals surface area contributed by atoms with Crippen LogP contribution in [0.5, 0.6) is 0 Å². The van der Waals surface area contributed by atoms with Crippen LogP contribution in [0.4, 0.5) is 0 Å². The Bertz CT molecular complexity index is 970. The number of hydrogen-bond acceptors (Lipinski definition) is 3. The Morgan fingerprint density at radius 2 is 1.79 bits per heavy atom. The molecule has 1 aliphatic carbocycles. The molecule has 2 aliphatic rings. The van der Waals surface area contributed by atoms with Gasteiger partial charge in [-0.15, -0.1) is 0 Å². The van der Waals surface area contributed by atoms with Gasteiger partial charge in [0, 0.05) is 36.9 Å². The monoisotopic (exact) mass is 394 g/mol. The number of rotatable bonds is 2. The highest BCUT2D eigenvalue weighted by molar-refractivity contribution is 5.97. The second-order valence-electron chi connectivity index (χ2n) is 9.31. The standard InChI is InChI=1S/C23H30N4O2/c1-15-14-25(21(28)19-9-7-17-6-8-18(17)12-19)10-11-26(15)22(29)20-13-24-27(16(20)2)23(3,4)5/h7,9,12-13,15H,6,8,10-11,14H2,1-5H3. The average Bonchev–Trinajstić information content (AvgIpc) is 3.03. The molecule has 154 valence electrons. The van der Waals surface area contributed by atoms with Gasteiger partial charge in [0.05, 0.1) is 17.3 Å². The summed E-state index contributed by atoms with van der Waals surface area (Å²) in [5.74, 6) is 0.0639. The highest BCUT2D eigenvalue weighted by atomic mass is 16.2. The molecule has 29 heavy (non-hydrogen) atoms. The van der Waals surface area contributed by atoms with Crippen LogP contribution in [0.15, 0.2) is 24.4 Å². The van der Waals surface area contributed by atoms with Crippen molar-refractivity contribution in [3.8, 4) is 0 Å². The van der Waals surface area contributed by atoms with Crippen LogP contribution in [0.25, 0.3) is 0 Å². The largest absolute Gasteiger partial charge is 0.335 e. The van der Waals surface area contributed by atoms with Gasteiger partial charge in [0.15, 0.2) is 0 Å². The minimum absolute atomic E-state index is 0.00126. The van der Waals surface area contributed by atoms with E-state index in [9.17, 15) is 9.59 Å². The molecule has 1 aromatic carbocycles. The van der Waals surface area contributed by atoms with E-state index in [1.165, 1.54) is 11.1 Å². The van der Waals surface area contributed by atoms with E-state index in [1.807, 2.05) is 40.5 Å². The number of amides is 2. The predicted octanol–water partition coefficient (Wildman–Crippen LogP) is 3.03. The lowest BCUT2D eigenvalue weighted by Gasteiger charge is -2.40. The summed E-state index contributed by atoms with van der Waals surface area (Å²) in [6.45, 7) is 11.8. The maximum Gasteiger partial charge on any atom is 0.257 e. The zero-order valence-corrected chi connectivity index (χ0v) is 18.0. The number of benzene rings is 1. The minimum Gasteiger partial charge on any atom is -0.335 e. The van der Waals surface area contributed by atoms with Crippen LogP contribution in [-0.4, -0.2) is 57.1 Å². The van der Waals surface area contributed by atoms with Crippen LogP contribution >= 0.6 is 0 Å². The summed E-state index contributed by atoms with van der Waals surface area (Å²) in [4.78, 5) is 29.9. The lowest BCUT2D eigenvalue weighted by atomic mass is 9.87. The van der Waals surface area contributed by atoms with Crippen LogP contribution in [0.2, 0.25) is 0 Å². The number of fused-ring (bicyclic) bond motifs is 1. The quantitative estimate of drug-likeness (QED) is 0.787. The summed E-state index contributed by atoms with van der Waals surface area (Å²) in [6.07, 6.45) is 3.86. The predicted molar refractivity (Wildman–Crippen MR) is 112 cm³/mol. The first kappa shape index (κ1) is 19.7. The van der Waals surface area contributed by atoms with Crippen LogP contribution < -0.4 is 0 Å². The van der Waals surface area contributed by atoms with Crippen molar-refractivity contribution in [2.24, 2.45) is 0 Å². The molecule has 1 aliphatic heterocycles. The van der Waals surface area contributed by atoms with E-state index in [4.69, 9.17) is 0 Å². The fraction of sp³-hybridized carbons (Fsp3) is 0.522. The summed E-state index contributed by atoms with van der Waals surface area (Å²) in [5.41, 5.74) is 4.78. The number of piperazine rings is 1. The first-order valence-electron chi connectivity index (χ1n) is 10.4. The Morgan fingerprint density at radius 3 is 2.34 bits per heavy atom. The molecule has 1 aromatic heterocycles. The lowest BCUT2D eigenvalue weighted by molar-refractivity contribution is 0.0413. The number of nitrogens with zero attached hydrogens (tertiary/aromatic N) is 4. The van der Waals surface area contributed by atoms with Gasteiger partial charge in [0.2, 0.25) is 0 Å². The molecule has 2 amide bonds. The van der Waals surface area contributed by atoms with Crippen LogP contribution in [0, 0.1) is 6.92 Å². The molecular formula is C23H30N4O2. The lowest BCUT2D eigenvalue weighted by Crippen LogP contribution is -2.55. The van der Waals surface area contributed by atoms with Gasteiger partial charge in [-0.3, -0.25) is 14.3 Å². The van der Waals surface area contributed by atoms with Gasteiger partial charge in [0.25, 0.3) is 11.8 Å². The second kappa shape index (κ2) is 7.01. The normalized spacial score (nSPS) is 19.0. The van der Waals surface area contributed by atoms with E-state index in [1.54, 1.807) is 6.20 Å². The van der Waals surface area contributed by atoms with Gasteiger partial charge >= 0.3 is 0 Å². The zero-order valence-electron chi connectivity index (χ0n) is 18.0. The van der Waals surface area contributed by atoms with E-state index in [0.29, 0.717) is 25.2 Å². The molecule has 6 heteroatoms. The van der Waals surface area contributed by atoms with Crippen LogP contribution in [0.3, 0.4) is 0 Å². The molecule has 2 aromatic rings. The van der Waals surface area contributed by atoms with Crippen LogP contribution in [-0.2, 0) is 18.4 Å². The molecule has 1 atom stereocenters. The zero-order chi connectivity index (χ0) is 20.9. The Hall–Kier alpha value is -2.63. The van der Waals surface area contributed by atoms with E-state index in [0.717, 1.165) is 24.1 Å². The summed E-state index contributed by atoms with van der Waals surface area (Å²) >= 11 is 0. The van der Waals surface area contributed by atoms with Crippen molar-refractivity contribution >= 4 is 11.8 Å². The van der Waals surface area contributed by atoms with Gasteiger partial charge in [-0.25, -0.2) is 0 Å². The minimum atomic E-state index is -0.170. The molecule has 0 N–H and O–H groups in total. The highest BCUT2D eigenvalue weighted by Crippen LogP contribution is 2.25. The van der Waals surface area contributed by atoms with E-state index >= 15 is 0 Å². The third-order valence-electron chi connectivity index (χ3n) is 6.17. The summed E-state index contributed by atoms with van der Waals surface area (Å²) in [7, 11) is 0. The third kappa shape index (κ3) is 3.45. The third-order valence-corrected chi connectivity index (χ3v) is 6.17. The molecular weight excluding hydrogens is 364 g/mol. The fourth-order valence-corrected chi connectivity index (χ4v) is 4.41. The summed E-state index contributed by atoms with van der Waals surface area (Å²) in [6, 6.07) is 6.01. The number of hydrogen-bond donors (Lipinski definition) is 0. The number of aryl methyl sites for hydroxylation is 2. The highest BCUT2D eigenvalue weighted by Gasteiger charge is 2.33. The van der Waals surface area contributed by atoms with E-state index in [-0.39, 0.29) is 23.4 Å². The molecule has 1 unspecified atom stereocenters. The molecule has 1 fully saturated rings. The number of carbonyl (C=O) groups excluding carboxylic acids is 2. The Balaban J connectivity index is 1.46. The van der Waals surface area contributed by atoms with Crippen molar-refractivity contribution in [3.05, 3.63) is 52.3 Å². The Kier molecular flexibility index (Phi) is 4.75. The first-order valence-corrected chi connectivity index (χ1v) is 10.4. The molecule has 0 bridgehead atoms. The van der Waals surface area contributed by atoms with Gasteiger partial charge < -0.3 is 9.80 Å². The van der Waals surface area contributed by atoms with Crippen molar-refractivity contribution < 1.29 is 9.59 Å². The maximum absolute atomic E-state index is 13.2. The van der Waals surface area contributed by atoms with Gasteiger partial charge in [0.1, 0.15) is 0 Å². The number of carbonyl (C=O) groups is 2. The van der Waals surface area contributed by atoms with E-state index < -0.39 is 0 Å². The summed E-state index contributed by atoms with van der Waals surface area (Å²) < 4.78 is 1.90. The second-order valence-corrected chi connectivity index (χ2v) is 9.31. The van der Waals surface area contributed by atoms with E-state index in [2.05, 4.69) is 31.9 Å². The Morgan fingerprint density at radius 1 is 1.07 bits per heavy atom. The van der Waals surface area contributed by atoms with Gasteiger partial charge in [-0.2, -0.15) is 5.10 Å². The molecule has 0 saturated carbocycles. The van der Waals surface area contributed by atoms with Crippen molar-refractivity contribution in [1.29, 1.82) is 0 Å². The summed E-state index contributed by atoms with van der Waals surface area (Å²) in [5, 5.41) is 4.44. The topological polar surface area (TPSA) is 58.4 Å². The first-order chi connectivity index (χ1) is 13.7. The average molecular weight is 395 g/mol. The molecule has 4 rings (SSSR count). The fourth-order valence-electron chi connectivity index (χ4n) is 4.41. The van der Waals surface area contributed by atoms with Crippen molar-refractivity contribution in [2.45, 2.75) is 59.0 Å². The van der Waals surface area contributed by atoms with Crippen molar-refractivity contribution in [1.82, 2.24) is 19.6 Å². The molecule has 2 heterocycles. The maximum atomic E-state index is 13.2. The van der Waals surface area contributed by atoms with Crippen molar-refractivity contribution in [3.63, 3.8) is 0 Å². The smallest absolute Gasteiger partial charge is 0.257 e. The Labute approximate surface area is 172 Å². The molecule has 0 spiro atoms. The van der Waals surface area contributed by atoms with Gasteiger partial charge in [-0.05, 0) is 70.7 Å². The molecule has 0 radical (unpaired) electrons. The van der Waals surface area contributed by atoms with Gasteiger partial charge in [-0.1, -0.05) is 6.07 Å². The SMILES string of the molecule is Cc1c(C(=O)N2CCN(C(=O)c3ccc4c(c3)CC4)CC2C)cnn1C(C)(C)C. The molecule has 6 nitrogen and oxygen atoms in total. The van der Waals surface area contributed by atoms with Crippen LogP contribution in [0.1, 0.15) is 65.2 Å². The number of aromatic nitrogens is 2. The molecule has 1 saturated heterocycles. The van der Waals surface area contributed by atoms with Crippen molar-refractivity contribution in [2.75, 3.05) is 19.6 Å².